The summed E-state index contributed by atoms with van der Waals surface area (Å²) in [5, 5.41) is 4.39. The lowest BCUT2D eigenvalue weighted by molar-refractivity contribution is -0.00000559. The average molecular weight is 387 g/mol. The van der Waals surface area contributed by atoms with Gasteiger partial charge in [0.05, 0.1) is 16.6 Å². The Bertz CT molecular complexity index is 1230. The summed E-state index contributed by atoms with van der Waals surface area (Å²) in [5.74, 6) is 1.75. The molecule has 0 fully saturated rings. The Morgan fingerprint density at radius 3 is 2.54 bits per heavy atom. The highest BCUT2D eigenvalue weighted by Gasteiger charge is 2.07. The highest BCUT2D eigenvalue weighted by Crippen LogP contribution is 2.25. The monoisotopic (exact) mass is 386 g/mol. The number of nitrogens with one attached hydrogen (secondary N) is 2. The molecule has 0 unspecified atom stereocenters. The number of nitrogens with zero attached hydrogens (tertiary/aromatic N) is 3. The zero-order valence-electron chi connectivity index (χ0n) is 14.9. The van der Waals surface area contributed by atoms with Gasteiger partial charge in [-0.05, 0) is 35.9 Å². The minimum atomic E-state index is 0. The molecule has 2 N–H and O–H groups in total. The van der Waals surface area contributed by atoms with Crippen LogP contribution in [0.3, 0.4) is 0 Å². The summed E-state index contributed by atoms with van der Waals surface area (Å²) < 4.78 is 0. The van der Waals surface area contributed by atoms with E-state index in [1.165, 1.54) is 5.56 Å². The van der Waals surface area contributed by atoms with Crippen LogP contribution in [0.5, 0.6) is 0 Å². The summed E-state index contributed by atoms with van der Waals surface area (Å²) in [5.41, 5.74) is 5.08. The second kappa shape index (κ2) is 7.66. The summed E-state index contributed by atoms with van der Waals surface area (Å²) in [7, 11) is 0. The maximum atomic E-state index is 4.70. The number of fused-ring (bicyclic) bond motifs is 2. The van der Waals surface area contributed by atoms with Gasteiger partial charge in [0.1, 0.15) is 18.0 Å². The summed E-state index contributed by atoms with van der Waals surface area (Å²) in [6.45, 7) is 0. The second-order valence-corrected chi connectivity index (χ2v) is 6.44. The topological polar surface area (TPSA) is 66.5 Å². The van der Waals surface area contributed by atoms with Crippen molar-refractivity contribution in [1.29, 1.82) is 0 Å². The van der Waals surface area contributed by atoms with Gasteiger partial charge >= 0.3 is 0 Å². The van der Waals surface area contributed by atoms with Gasteiger partial charge < -0.3 is 22.7 Å². The molecule has 5 nitrogen and oxygen atoms in total. The van der Waals surface area contributed by atoms with Crippen molar-refractivity contribution in [3.63, 3.8) is 0 Å². The predicted octanol–water partition coefficient (Wildman–Crippen LogP) is 1.84. The van der Waals surface area contributed by atoms with Crippen LogP contribution in [0, 0.1) is 0 Å². The van der Waals surface area contributed by atoms with E-state index in [0.29, 0.717) is 0 Å². The van der Waals surface area contributed by atoms with E-state index in [-0.39, 0.29) is 12.4 Å². The van der Waals surface area contributed by atoms with E-state index in [0.717, 1.165) is 45.7 Å². The average Bonchev–Trinajstić information content (AvgIpc) is 3.10. The minimum absolute atomic E-state index is 0. The third kappa shape index (κ3) is 3.52. The number of aromatic nitrogens is 4. The number of aromatic amines is 1. The number of para-hydroxylation sites is 1. The number of anilines is 2. The molecule has 0 spiro atoms. The molecule has 0 amide bonds. The number of hydrogen-bond donors (Lipinski definition) is 2. The van der Waals surface area contributed by atoms with Gasteiger partial charge in [0, 0.05) is 17.5 Å². The largest absolute Gasteiger partial charge is 1.00 e. The standard InChI is InChI=1S/C22H17N5.ClH/c1-2-6-15(7-3-1)12-21-26-19-11-10-16(13-20(19)27-21)25-22-17-8-4-5-9-18(17)23-14-24-22;/h1-11,13-14H,12H2,(H,26,27)(H,23,24,25);1H/p-1. The smallest absolute Gasteiger partial charge is 0.141 e. The van der Waals surface area contributed by atoms with Gasteiger partial charge in [-0.25, -0.2) is 15.0 Å². The van der Waals surface area contributed by atoms with Gasteiger partial charge in [0.25, 0.3) is 0 Å². The van der Waals surface area contributed by atoms with Gasteiger partial charge in [0.2, 0.25) is 0 Å². The van der Waals surface area contributed by atoms with Crippen LogP contribution >= 0.6 is 0 Å². The molecule has 6 heteroatoms. The number of rotatable bonds is 4. The van der Waals surface area contributed by atoms with Crippen LogP contribution in [0.15, 0.2) is 79.1 Å². The van der Waals surface area contributed by atoms with Crippen molar-refractivity contribution < 1.29 is 12.4 Å². The first-order valence-corrected chi connectivity index (χ1v) is 8.84. The zero-order valence-corrected chi connectivity index (χ0v) is 15.7. The fourth-order valence-corrected chi connectivity index (χ4v) is 3.25. The van der Waals surface area contributed by atoms with Crippen molar-refractivity contribution in [2.75, 3.05) is 5.32 Å². The highest BCUT2D eigenvalue weighted by molar-refractivity contribution is 5.91. The predicted molar refractivity (Wildman–Crippen MR) is 108 cm³/mol. The first-order chi connectivity index (χ1) is 13.3. The van der Waals surface area contributed by atoms with Crippen molar-refractivity contribution in [3.05, 3.63) is 90.5 Å². The van der Waals surface area contributed by atoms with Crippen molar-refractivity contribution in [2.45, 2.75) is 6.42 Å². The SMILES string of the molecule is [Cl-].c1ccc(Cc2nc3ccc(Nc4ncnc5ccccc45)cc3[nH]2)cc1. The van der Waals surface area contributed by atoms with E-state index in [4.69, 9.17) is 4.98 Å². The van der Waals surface area contributed by atoms with E-state index in [9.17, 15) is 0 Å². The molecular weight excluding hydrogens is 370 g/mol. The van der Waals surface area contributed by atoms with E-state index in [2.05, 4.69) is 38.5 Å². The number of benzene rings is 3. The summed E-state index contributed by atoms with van der Waals surface area (Å²) in [6, 6.07) is 24.4. The molecule has 0 aliphatic heterocycles. The van der Waals surface area contributed by atoms with Crippen LogP contribution < -0.4 is 17.7 Å². The number of imidazole rings is 1. The fourth-order valence-electron chi connectivity index (χ4n) is 3.25. The van der Waals surface area contributed by atoms with Crippen LogP contribution in [0.1, 0.15) is 11.4 Å². The zero-order chi connectivity index (χ0) is 18.1. The number of hydrogen-bond acceptors (Lipinski definition) is 4. The molecule has 0 atom stereocenters. The number of H-pyrrole nitrogens is 1. The summed E-state index contributed by atoms with van der Waals surface area (Å²) in [4.78, 5) is 16.8. The molecule has 0 saturated heterocycles. The first kappa shape index (κ1) is 17.9. The Morgan fingerprint density at radius 2 is 1.64 bits per heavy atom. The molecular formula is C22H17ClN5-. The van der Waals surface area contributed by atoms with E-state index >= 15 is 0 Å². The van der Waals surface area contributed by atoms with Crippen molar-refractivity contribution >= 4 is 33.4 Å². The number of halogens is 1. The Balaban J connectivity index is 0.00000192. The van der Waals surface area contributed by atoms with Crippen molar-refractivity contribution in [3.8, 4) is 0 Å². The van der Waals surface area contributed by atoms with Gasteiger partial charge in [0.15, 0.2) is 0 Å². The van der Waals surface area contributed by atoms with Gasteiger partial charge in [-0.3, -0.25) is 0 Å². The van der Waals surface area contributed by atoms with E-state index in [1.807, 2.05) is 54.6 Å². The van der Waals surface area contributed by atoms with Gasteiger partial charge in [-0.1, -0.05) is 42.5 Å². The Kier molecular flexibility index (Phi) is 4.91. The van der Waals surface area contributed by atoms with Gasteiger partial charge in [-0.2, -0.15) is 0 Å². The molecule has 0 aliphatic carbocycles. The maximum absolute atomic E-state index is 4.70. The summed E-state index contributed by atoms with van der Waals surface area (Å²) in [6.07, 6.45) is 2.37. The lowest BCUT2D eigenvalue weighted by Gasteiger charge is -2.08. The van der Waals surface area contributed by atoms with Crippen molar-refractivity contribution in [2.24, 2.45) is 0 Å². The first-order valence-electron chi connectivity index (χ1n) is 8.84. The Hall–Kier alpha value is -3.44. The Morgan fingerprint density at radius 1 is 0.821 bits per heavy atom. The minimum Gasteiger partial charge on any atom is -1.00 e. The fraction of sp³-hybridized carbons (Fsp3) is 0.0455. The van der Waals surface area contributed by atoms with Crippen LogP contribution in [0.2, 0.25) is 0 Å². The van der Waals surface area contributed by atoms with Gasteiger partial charge in [-0.15, -0.1) is 0 Å². The quantitative estimate of drug-likeness (QED) is 0.494. The van der Waals surface area contributed by atoms with Crippen molar-refractivity contribution in [1.82, 2.24) is 19.9 Å². The molecule has 138 valence electrons. The van der Waals surface area contributed by atoms with Crippen LogP contribution in [-0.2, 0) is 6.42 Å². The third-order valence-electron chi connectivity index (χ3n) is 4.55. The molecule has 0 aliphatic rings. The van der Waals surface area contributed by atoms with Crippen LogP contribution in [0.25, 0.3) is 21.9 Å². The molecule has 2 heterocycles. The third-order valence-corrected chi connectivity index (χ3v) is 4.55. The molecule has 0 saturated carbocycles. The molecule has 0 bridgehead atoms. The molecule has 28 heavy (non-hydrogen) atoms. The van der Waals surface area contributed by atoms with E-state index in [1.54, 1.807) is 6.33 Å². The summed E-state index contributed by atoms with van der Waals surface area (Å²) >= 11 is 0. The molecule has 5 aromatic rings. The Labute approximate surface area is 168 Å². The lowest BCUT2D eigenvalue weighted by Crippen LogP contribution is -3.00. The second-order valence-electron chi connectivity index (χ2n) is 6.44. The molecule has 3 aromatic carbocycles. The molecule has 5 rings (SSSR count). The van der Waals surface area contributed by atoms with Crippen LogP contribution in [0.4, 0.5) is 11.5 Å². The molecule has 2 aromatic heterocycles. The normalized spacial score (nSPS) is 10.7. The molecule has 0 radical (unpaired) electrons. The van der Waals surface area contributed by atoms with E-state index < -0.39 is 0 Å². The maximum Gasteiger partial charge on any atom is 0.141 e. The lowest BCUT2D eigenvalue weighted by atomic mass is 10.1. The van der Waals surface area contributed by atoms with Crippen LogP contribution in [-0.4, -0.2) is 19.9 Å². The highest BCUT2D eigenvalue weighted by atomic mass is 35.5.